The number of aliphatic hydroxyl groups excluding tert-OH is 2. The van der Waals surface area contributed by atoms with Crippen LogP contribution in [0.25, 0.3) is 11.2 Å². The lowest BCUT2D eigenvalue weighted by Gasteiger charge is -2.16. The van der Waals surface area contributed by atoms with E-state index in [-0.39, 0.29) is 5.25 Å². The minimum absolute atomic E-state index is 0.0737. The maximum atomic E-state index is 10.1. The van der Waals surface area contributed by atoms with E-state index in [0.29, 0.717) is 35.8 Å². The molecule has 1 aliphatic heterocycles. The van der Waals surface area contributed by atoms with E-state index in [2.05, 4.69) is 36.2 Å². The Balaban J connectivity index is 1.53. The fourth-order valence-corrected chi connectivity index (χ4v) is 4.73. The number of anilines is 1. The summed E-state index contributed by atoms with van der Waals surface area (Å²) < 4.78 is 2.93. The quantitative estimate of drug-likeness (QED) is 0.563. The van der Waals surface area contributed by atoms with Gasteiger partial charge in [-0.2, -0.15) is 11.8 Å². The van der Waals surface area contributed by atoms with Crippen molar-refractivity contribution in [3.8, 4) is 0 Å². The van der Waals surface area contributed by atoms with Crippen LogP contribution in [0.2, 0.25) is 0 Å². The van der Waals surface area contributed by atoms with Crippen molar-refractivity contribution in [1.82, 2.24) is 19.5 Å². The van der Waals surface area contributed by atoms with E-state index >= 15 is 0 Å². The molecule has 0 unspecified atom stereocenters. The summed E-state index contributed by atoms with van der Waals surface area (Å²) in [4.78, 5) is 13.1. The Kier molecular flexibility index (Phi) is 5.12. The van der Waals surface area contributed by atoms with Crippen molar-refractivity contribution in [1.29, 1.82) is 0 Å². The summed E-state index contributed by atoms with van der Waals surface area (Å²) in [6.45, 7) is 1.17. The van der Waals surface area contributed by atoms with Gasteiger partial charge in [-0.25, -0.2) is 15.0 Å². The van der Waals surface area contributed by atoms with Gasteiger partial charge in [-0.3, -0.25) is 0 Å². The number of aromatic nitrogens is 4. The molecule has 0 radical (unpaired) electrons. The van der Waals surface area contributed by atoms with Gasteiger partial charge in [0.1, 0.15) is 11.8 Å². The second kappa shape index (κ2) is 7.51. The molecule has 0 amide bonds. The summed E-state index contributed by atoms with van der Waals surface area (Å²) in [5.41, 5.74) is 2.54. The lowest BCUT2D eigenvalue weighted by Crippen LogP contribution is -2.31. The molecule has 4 rings (SSSR count). The van der Waals surface area contributed by atoms with Crippen molar-refractivity contribution in [2.24, 2.45) is 0 Å². The number of halogens is 1. The number of nitrogens with one attached hydrogen (secondary N) is 1. The van der Waals surface area contributed by atoms with Crippen LogP contribution in [0.15, 0.2) is 41.4 Å². The number of thioether (sulfide) groups is 1. The first-order valence-corrected chi connectivity index (χ1v) is 10.1. The van der Waals surface area contributed by atoms with Crippen LogP contribution in [0, 0.1) is 0 Å². The highest BCUT2D eigenvalue weighted by atomic mass is 79.9. The van der Waals surface area contributed by atoms with Crippen molar-refractivity contribution in [3.05, 3.63) is 47.0 Å². The van der Waals surface area contributed by atoms with Gasteiger partial charge >= 0.3 is 0 Å². The van der Waals surface area contributed by atoms with Crippen LogP contribution in [-0.4, -0.2) is 52.9 Å². The first-order valence-electron chi connectivity index (χ1n) is 8.23. The van der Waals surface area contributed by atoms with Gasteiger partial charge in [0.2, 0.25) is 0 Å². The molecule has 26 heavy (non-hydrogen) atoms. The molecule has 3 heterocycles. The van der Waals surface area contributed by atoms with Gasteiger partial charge in [0.25, 0.3) is 0 Å². The van der Waals surface area contributed by atoms with Crippen molar-refractivity contribution < 1.29 is 10.2 Å². The van der Waals surface area contributed by atoms with Gasteiger partial charge < -0.3 is 20.1 Å². The smallest absolute Gasteiger partial charge is 0.165 e. The molecule has 0 bridgehead atoms. The number of aliphatic hydroxyl groups is 2. The van der Waals surface area contributed by atoms with Gasteiger partial charge in [0.15, 0.2) is 11.5 Å². The molecule has 0 saturated carbocycles. The molecule has 3 aromatic rings. The number of benzene rings is 1. The zero-order valence-electron chi connectivity index (χ0n) is 13.8. The molecule has 136 valence electrons. The summed E-state index contributed by atoms with van der Waals surface area (Å²) in [6, 6.07) is 8.07. The summed E-state index contributed by atoms with van der Waals surface area (Å²) in [7, 11) is 0. The Hall–Kier alpha value is -1.68. The number of imidazole rings is 1. The molecule has 1 aliphatic rings. The van der Waals surface area contributed by atoms with Gasteiger partial charge in [-0.1, -0.05) is 28.1 Å². The van der Waals surface area contributed by atoms with E-state index in [1.807, 2.05) is 28.8 Å². The van der Waals surface area contributed by atoms with Crippen LogP contribution in [0.3, 0.4) is 0 Å². The second-order valence-corrected chi connectivity index (χ2v) is 8.39. The maximum Gasteiger partial charge on any atom is 0.165 e. The summed E-state index contributed by atoms with van der Waals surface area (Å²) in [5, 5.41) is 23.0. The minimum atomic E-state index is -0.728. The van der Waals surface area contributed by atoms with Gasteiger partial charge in [-0.05, 0) is 17.7 Å². The number of rotatable bonds is 5. The number of hydrogen-bond acceptors (Lipinski definition) is 7. The zero-order chi connectivity index (χ0) is 18.1. The lowest BCUT2D eigenvalue weighted by atomic mass is 10.1. The Morgan fingerprint density at radius 3 is 2.92 bits per heavy atom. The maximum absolute atomic E-state index is 10.1. The topological polar surface area (TPSA) is 96.1 Å². The molecule has 0 spiro atoms. The standard InChI is InChI=1S/C17H18BrN5O2S/c18-11-3-1-2-10(4-11)5-19-16-14-17(21-8-20-16)23(9-22-14)6-13-15(25)12(24)7-26-13/h1-4,8-9,12-13,15,24-25H,5-7H2,(H,19,20,21)/t12-,13+,15-/m1/s1. The number of nitrogens with zero attached hydrogens (tertiary/aromatic N) is 4. The highest BCUT2D eigenvalue weighted by Gasteiger charge is 2.34. The highest BCUT2D eigenvalue weighted by molar-refractivity contribution is 9.10. The van der Waals surface area contributed by atoms with Gasteiger partial charge in [-0.15, -0.1) is 0 Å². The molecule has 1 saturated heterocycles. The van der Waals surface area contributed by atoms with Crippen LogP contribution >= 0.6 is 27.7 Å². The molecule has 7 nitrogen and oxygen atoms in total. The van der Waals surface area contributed by atoms with Crippen molar-refractivity contribution in [2.45, 2.75) is 30.5 Å². The number of fused-ring (bicyclic) bond motifs is 1. The zero-order valence-corrected chi connectivity index (χ0v) is 16.2. The summed E-state index contributed by atoms with van der Waals surface area (Å²) in [6.07, 6.45) is 1.82. The first kappa shape index (κ1) is 17.7. The molecular formula is C17H18BrN5O2S. The molecular weight excluding hydrogens is 418 g/mol. The van der Waals surface area contributed by atoms with E-state index in [4.69, 9.17) is 0 Å². The lowest BCUT2D eigenvalue weighted by molar-refractivity contribution is 0.0396. The third-order valence-corrected chi connectivity index (χ3v) is 6.27. The van der Waals surface area contributed by atoms with Crippen molar-refractivity contribution >= 4 is 44.7 Å². The van der Waals surface area contributed by atoms with E-state index in [1.54, 1.807) is 18.1 Å². The largest absolute Gasteiger partial charge is 0.390 e. The SMILES string of the molecule is O[C@@H]1[C@H](O)CS[C@H]1Cn1cnc2c(NCc3cccc(Br)c3)ncnc21. The summed E-state index contributed by atoms with van der Waals surface area (Å²) >= 11 is 5.04. The van der Waals surface area contributed by atoms with Crippen LogP contribution in [0.1, 0.15) is 5.56 Å². The van der Waals surface area contributed by atoms with E-state index < -0.39 is 12.2 Å². The fraction of sp³-hybridized carbons (Fsp3) is 0.353. The Morgan fingerprint density at radius 1 is 1.27 bits per heavy atom. The normalized spacial score (nSPS) is 22.8. The number of hydrogen-bond donors (Lipinski definition) is 3. The van der Waals surface area contributed by atoms with E-state index in [1.165, 1.54) is 6.33 Å². The molecule has 2 aromatic heterocycles. The fourth-order valence-electron chi connectivity index (χ4n) is 3.00. The van der Waals surface area contributed by atoms with Crippen LogP contribution in [0.5, 0.6) is 0 Å². The average Bonchev–Trinajstić information content (AvgIpc) is 3.19. The average molecular weight is 436 g/mol. The third kappa shape index (κ3) is 3.57. The Morgan fingerprint density at radius 2 is 2.15 bits per heavy atom. The van der Waals surface area contributed by atoms with Crippen molar-refractivity contribution in [2.75, 3.05) is 11.1 Å². The third-order valence-electron chi connectivity index (χ3n) is 4.38. The molecule has 3 N–H and O–H groups in total. The summed E-state index contributed by atoms with van der Waals surface area (Å²) in [5.74, 6) is 1.22. The predicted molar refractivity (Wildman–Crippen MR) is 105 cm³/mol. The van der Waals surface area contributed by atoms with E-state index in [0.717, 1.165) is 10.0 Å². The Labute approximate surface area is 163 Å². The molecule has 0 aliphatic carbocycles. The second-order valence-electron chi connectivity index (χ2n) is 6.20. The highest BCUT2D eigenvalue weighted by Crippen LogP contribution is 2.29. The first-order chi connectivity index (χ1) is 12.6. The van der Waals surface area contributed by atoms with Gasteiger partial charge in [0, 0.05) is 23.3 Å². The monoisotopic (exact) mass is 435 g/mol. The van der Waals surface area contributed by atoms with Crippen molar-refractivity contribution in [3.63, 3.8) is 0 Å². The predicted octanol–water partition coefficient (Wildman–Crippen LogP) is 2.04. The minimum Gasteiger partial charge on any atom is -0.390 e. The molecule has 1 fully saturated rings. The molecule has 3 atom stereocenters. The van der Waals surface area contributed by atoms with Crippen LogP contribution in [0.4, 0.5) is 5.82 Å². The van der Waals surface area contributed by atoms with Crippen LogP contribution in [-0.2, 0) is 13.1 Å². The molecule has 1 aromatic carbocycles. The van der Waals surface area contributed by atoms with E-state index in [9.17, 15) is 10.2 Å². The van der Waals surface area contributed by atoms with Gasteiger partial charge in [0.05, 0.1) is 23.8 Å². The molecule has 9 heteroatoms. The van der Waals surface area contributed by atoms with Crippen LogP contribution < -0.4 is 5.32 Å². The Bertz CT molecular complexity index is 921.